The van der Waals surface area contributed by atoms with Crippen LogP contribution in [-0.4, -0.2) is 18.1 Å². The normalized spacial score (nSPS) is 15.0. The molecule has 1 aromatic heterocycles. The lowest BCUT2D eigenvalue weighted by Gasteiger charge is -2.13. The predicted molar refractivity (Wildman–Crippen MR) is 87.7 cm³/mol. The molecule has 0 spiro atoms. The lowest BCUT2D eigenvalue weighted by Crippen LogP contribution is -2.19. The van der Waals surface area contributed by atoms with Crippen molar-refractivity contribution in [1.29, 1.82) is 0 Å². The lowest BCUT2D eigenvalue weighted by molar-refractivity contribution is 0.290. The average Bonchev–Trinajstić information content (AvgIpc) is 3.22. The van der Waals surface area contributed by atoms with Crippen LogP contribution < -0.4 is 10.1 Å². The summed E-state index contributed by atoms with van der Waals surface area (Å²) in [6.07, 6.45) is 3.94. The summed E-state index contributed by atoms with van der Waals surface area (Å²) < 4.78 is 5.88. The Balaban J connectivity index is 1.94. The minimum absolute atomic E-state index is 0.431. The van der Waals surface area contributed by atoms with Crippen LogP contribution in [0.25, 0.3) is 0 Å². The minimum atomic E-state index is 0.431. The summed E-state index contributed by atoms with van der Waals surface area (Å²) in [5.74, 6) is 2.81. The summed E-state index contributed by atoms with van der Waals surface area (Å²) in [5, 5.41) is 3.50. The molecule has 0 aliphatic heterocycles. The van der Waals surface area contributed by atoms with Gasteiger partial charge in [-0.05, 0) is 42.3 Å². The number of aromatic nitrogens is 1. The Labute approximate surface area is 129 Å². The first-order chi connectivity index (χ1) is 10.0. The van der Waals surface area contributed by atoms with E-state index in [-0.39, 0.29) is 0 Å². The molecule has 3 nitrogen and oxygen atoms in total. The summed E-state index contributed by atoms with van der Waals surface area (Å²) in [6.45, 7) is 11.6. The van der Waals surface area contributed by atoms with E-state index in [1.165, 1.54) is 24.8 Å². The molecule has 1 aromatic rings. The molecule has 21 heavy (non-hydrogen) atoms. The van der Waals surface area contributed by atoms with Gasteiger partial charge in [-0.3, -0.25) is 0 Å². The van der Waals surface area contributed by atoms with Gasteiger partial charge in [0.1, 0.15) is 0 Å². The van der Waals surface area contributed by atoms with Gasteiger partial charge in [0.15, 0.2) is 0 Å². The van der Waals surface area contributed by atoms with Crippen molar-refractivity contribution in [1.82, 2.24) is 10.3 Å². The molecule has 1 aliphatic rings. The van der Waals surface area contributed by atoms with Gasteiger partial charge in [0.2, 0.25) is 5.88 Å². The van der Waals surface area contributed by atoms with Crippen molar-refractivity contribution < 1.29 is 4.74 Å². The van der Waals surface area contributed by atoms with Crippen molar-refractivity contribution >= 4 is 0 Å². The van der Waals surface area contributed by atoms with Crippen LogP contribution in [0.1, 0.15) is 64.1 Å². The van der Waals surface area contributed by atoms with Crippen LogP contribution in [0.2, 0.25) is 0 Å². The summed E-state index contributed by atoms with van der Waals surface area (Å²) in [4.78, 5) is 4.64. The molecule has 0 bridgehead atoms. The second kappa shape index (κ2) is 7.79. The largest absolute Gasteiger partial charge is 0.478 e. The van der Waals surface area contributed by atoms with Crippen molar-refractivity contribution in [2.45, 2.75) is 59.4 Å². The first-order valence-electron chi connectivity index (χ1n) is 8.39. The third kappa shape index (κ3) is 6.04. The van der Waals surface area contributed by atoms with Crippen LogP contribution in [0.4, 0.5) is 0 Å². The third-order valence-electron chi connectivity index (χ3n) is 3.83. The molecule has 0 atom stereocenters. The number of rotatable bonds is 9. The van der Waals surface area contributed by atoms with E-state index in [1.807, 2.05) is 0 Å². The van der Waals surface area contributed by atoms with Gasteiger partial charge < -0.3 is 10.1 Å². The Morgan fingerprint density at radius 2 is 2.00 bits per heavy atom. The molecule has 1 fully saturated rings. The highest BCUT2D eigenvalue weighted by Crippen LogP contribution is 2.32. The highest BCUT2D eigenvalue weighted by molar-refractivity contribution is 5.26. The van der Waals surface area contributed by atoms with Crippen molar-refractivity contribution in [2.75, 3.05) is 13.2 Å². The van der Waals surface area contributed by atoms with E-state index in [0.29, 0.717) is 11.8 Å². The quantitative estimate of drug-likeness (QED) is 0.742. The van der Waals surface area contributed by atoms with Gasteiger partial charge in [-0.15, -0.1) is 0 Å². The van der Waals surface area contributed by atoms with E-state index < -0.39 is 0 Å². The Kier molecular flexibility index (Phi) is 6.04. The molecule has 0 amide bonds. The maximum atomic E-state index is 5.88. The van der Waals surface area contributed by atoms with E-state index in [9.17, 15) is 0 Å². The van der Waals surface area contributed by atoms with Gasteiger partial charge in [-0.25, -0.2) is 4.98 Å². The zero-order valence-electron chi connectivity index (χ0n) is 14.0. The second-order valence-corrected chi connectivity index (χ2v) is 7.00. The highest BCUT2D eigenvalue weighted by Gasteiger charge is 2.20. The summed E-state index contributed by atoms with van der Waals surface area (Å²) in [5.41, 5.74) is 2.40. The molecular weight excluding hydrogens is 260 g/mol. The zero-order valence-corrected chi connectivity index (χ0v) is 14.0. The van der Waals surface area contributed by atoms with E-state index >= 15 is 0 Å². The smallest absolute Gasteiger partial charge is 0.213 e. The number of pyridine rings is 1. The Bertz CT molecular complexity index is 413. The van der Waals surface area contributed by atoms with Crippen LogP contribution >= 0.6 is 0 Å². The van der Waals surface area contributed by atoms with Crippen LogP contribution in [0.3, 0.4) is 0 Å². The topological polar surface area (TPSA) is 34.1 Å². The van der Waals surface area contributed by atoms with Crippen LogP contribution in [-0.2, 0) is 6.54 Å². The standard InChI is InChI=1S/C18H30N2O/c1-13(2)11-19-12-16-9-17(14(3)4)20-18(10-16)21-8-7-15-5-6-15/h9-10,13-15,19H,5-8,11-12H2,1-4H3. The number of nitrogens with zero attached hydrogens (tertiary/aromatic N) is 1. The Morgan fingerprint density at radius 1 is 1.24 bits per heavy atom. The lowest BCUT2D eigenvalue weighted by atomic mass is 10.1. The highest BCUT2D eigenvalue weighted by atomic mass is 16.5. The molecule has 0 radical (unpaired) electrons. The Morgan fingerprint density at radius 3 is 2.62 bits per heavy atom. The molecule has 0 unspecified atom stereocenters. The Hall–Kier alpha value is -1.09. The van der Waals surface area contributed by atoms with Crippen molar-refractivity contribution in [3.63, 3.8) is 0 Å². The minimum Gasteiger partial charge on any atom is -0.478 e. The van der Waals surface area contributed by atoms with Gasteiger partial charge in [-0.1, -0.05) is 40.5 Å². The van der Waals surface area contributed by atoms with Crippen molar-refractivity contribution in [3.8, 4) is 5.88 Å². The molecular formula is C18H30N2O. The first kappa shape index (κ1) is 16.3. The monoisotopic (exact) mass is 290 g/mol. The maximum absolute atomic E-state index is 5.88. The van der Waals surface area contributed by atoms with Gasteiger partial charge >= 0.3 is 0 Å². The van der Waals surface area contributed by atoms with E-state index in [4.69, 9.17) is 4.74 Å². The molecule has 2 rings (SSSR count). The van der Waals surface area contributed by atoms with Gasteiger partial charge in [0, 0.05) is 18.3 Å². The number of hydrogen-bond donors (Lipinski definition) is 1. The van der Waals surface area contributed by atoms with Crippen LogP contribution in [0.5, 0.6) is 5.88 Å². The number of nitrogens with one attached hydrogen (secondary N) is 1. The van der Waals surface area contributed by atoms with Gasteiger partial charge in [0.05, 0.1) is 6.61 Å². The first-order valence-corrected chi connectivity index (χ1v) is 8.39. The van der Waals surface area contributed by atoms with Crippen molar-refractivity contribution in [3.05, 3.63) is 23.4 Å². The summed E-state index contributed by atoms with van der Waals surface area (Å²) >= 11 is 0. The van der Waals surface area contributed by atoms with E-state index in [2.05, 4.69) is 50.1 Å². The number of hydrogen-bond acceptors (Lipinski definition) is 3. The van der Waals surface area contributed by atoms with Gasteiger partial charge in [-0.2, -0.15) is 0 Å². The molecule has 3 heteroatoms. The molecule has 0 saturated heterocycles. The molecule has 0 aromatic carbocycles. The molecule has 1 saturated carbocycles. The summed E-state index contributed by atoms with van der Waals surface area (Å²) in [6, 6.07) is 4.29. The average molecular weight is 290 g/mol. The van der Waals surface area contributed by atoms with Gasteiger partial charge in [0.25, 0.3) is 0 Å². The third-order valence-corrected chi connectivity index (χ3v) is 3.83. The van der Waals surface area contributed by atoms with E-state index in [1.54, 1.807) is 0 Å². The van der Waals surface area contributed by atoms with Crippen molar-refractivity contribution in [2.24, 2.45) is 11.8 Å². The molecule has 118 valence electrons. The maximum Gasteiger partial charge on any atom is 0.213 e. The predicted octanol–water partition coefficient (Wildman–Crippen LogP) is 4.13. The zero-order chi connectivity index (χ0) is 15.2. The molecule has 1 aliphatic carbocycles. The molecule has 1 heterocycles. The summed E-state index contributed by atoms with van der Waals surface area (Å²) in [7, 11) is 0. The number of ether oxygens (including phenoxy) is 1. The second-order valence-electron chi connectivity index (χ2n) is 7.00. The fraction of sp³-hybridized carbons (Fsp3) is 0.722. The fourth-order valence-electron chi connectivity index (χ4n) is 2.30. The SMILES string of the molecule is CC(C)CNCc1cc(OCCC2CC2)nc(C(C)C)c1. The van der Waals surface area contributed by atoms with Crippen LogP contribution in [0, 0.1) is 11.8 Å². The van der Waals surface area contributed by atoms with Crippen LogP contribution in [0.15, 0.2) is 12.1 Å². The van der Waals surface area contributed by atoms with E-state index in [0.717, 1.165) is 37.2 Å². The molecule has 1 N–H and O–H groups in total. The fourth-order valence-corrected chi connectivity index (χ4v) is 2.30.